The van der Waals surface area contributed by atoms with Gasteiger partial charge < -0.3 is 10.1 Å². The lowest BCUT2D eigenvalue weighted by molar-refractivity contribution is -0.129. The number of nitrogens with one attached hydrogen (secondary N) is 1. The molecule has 3 rings (SSSR count). The average Bonchev–Trinajstić information content (AvgIpc) is 2.92. The molecule has 1 saturated heterocycles. The highest BCUT2D eigenvalue weighted by Gasteiger charge is 2.31. The zero-order valence-corrected chi connectivity index (χ0v) is 14.5. The van der Waals surface area contributed by atoms with Gasteiger partial charge in [-0.15, -0.1) is 0 Å². The van der Waals surface area contributed by atoms with Crippen LogP contribution < -0.4 is 5.32 Å². The van der Waals surface area contributed by atoms with Crippen molar-refractivity contribution in [1.82, 2.24) is 10.3 Å². The summed E-state index contributed by atoms with van der Waals surface area (Å²) in [5.74, 6) is -1.17. The van der Waals surface area contributed by atoms with Gasteiger partial charge in [0.25, 0.3) is 5.91 Å². The Kier molecular flexibility index (Phi) is 4.71. The van der Waals surface area contributed by atoms with E-state index in [-0.39, 0.29) is 17.1 Å². The van der Waals surface area contributed by atoms with E-state index in [2.05, 4.69) is 10.3 Å². The molecular formula is C17H18N2O5S. The molecule has 8 heteroatoms. The lowest BCUT2D eigenvalue weighted by Crippen LogP contribution is -2.42. The second-order valence-corrected chi connectivity index (χ2v) is 8.27. The summed E-state index contributed by atoms with van der Waals surface area (Å²) in [7, 11) is -3.09. The van der Waals surface area contributed by atoms with Gasteiger partial charge in [-0.05, 0) is 25.5 Å². The number of pyridine rings is 1. The zero-order valence-electron chi connectivity index (χ0n) is 13.6. The van der Waals surface area contributed by atoms with Crippen LogP contribution in [0.2, 0.25) is 0 Å². The standard InChI is InChI=1S/C17H18N2O5S/c1-11(16(20)19-13-7-9-25(22,23)10-13)24-17(21)14-6-2-4-12-5-3-8-18-15(12)14/h2-6,8,11,13H,7,9-10H2,1H3,(H,19,20)/t11-,13+/m1/s1. The van der Waals surface area contributed by atoms with Crippen molar-refractivity contribution in [3.63, 3.8) is 0 Å². The average molecular weight is 362 g/mol. The van der Waals surface area contributed by atoms with Crippen molar-refractivity contribution in [2.45, 2.75) is 25.5 Å². The number of amides is 1. The lowest BCUT2D eigenvalue weighted by atomic mass is 10.1. The SMILES string of the molecule is C[C@@H](OC(=O)c1cccc2cccnc12)C(=O)N[C@H]1CCS(=O)(=O)C1. The molecule has 2 atom stereocenters. The minimum absolute atomic E-state index is 0.0633. The van der Waals surface area contributed by atoms with Crippen LogP contribution in [0.1, 0.15) is 23.7 Å². The number of nitrogens with zero attached hydrogens (tertiary/aromatic N) is 1. The van der Waals surface area contributed by atoms with Crippen LogP contribution in [0, 0.1) is 0 Å². The van der Waals surface area contributed by atoms with E-state index in [9.17, 15) is 18.0 Å². The Hall–Kier alpha value is -2.48. The highest BCUT2D eigenvalue weighted by molar-refractivity contribution is 7.91. The third-order valence-electron chi connectivity index (χ3n) is 4.08. The van der Waals surface area contributed by atoms with E-state index in [1.54, 1.807) is 24.4 Å². The number of esters is 1. The maximum absolute atomic E-state index is 12.4. The lowest BCUT2D eigenvalue weighted by Gasteiger charge is -2.16. The number of rotatable bonds is 4. The molecule has 7 nitrogen and oxygen atoms in total. The summed E-state index contributed by atoms with van der Waals surface area (Å²) >= 11 is 0. The first kappa shape index (κ1) is 17.3. The number of sulfone groups is 1. The Balaban J connectivity index is 1.66. The number of hydrogen-bond acceptors (Lipinski definition) is 6. The molecule has 1 fully saturated rings. The molecule has 1 aliphatic heterocycles. The van der Waals surface area contributed by atoms with Crippen molar-refractivity contribution in [2.75, 3.05) is 11.5 Å². The molecular weight excluding hydrogens is 344 g/mol. The first-order valence-electron chi connectivity index (χ1n) is 7.91. The van der Waals surface area contributed by atoms with Crippen molar-refractivity contribution in [3.05, 3.63) is 42.1 Å². The highest BCUT2D eigenvalue weighted by Crippen LogP contribution is 2.17. The van der Waals surface area contributed by atoms with Gasteiger partial charge in [0, 0.05) is 17.6 Å². The molecule has 0 radical (unpaired) electrons. The summed E-state index contributed by atoms with van der Waals surface area (Å²) in [6.07, 6.45) is 0.923. The summed E-state index contributed by atoms with van der Waals surface area (Å²) < 4.78 is 28.1. The molecule has 1 aromatic heterocycles. The molecule has 0 saturated carbocycles. The van der Waals surface area contributed by atoms with Crippen LogP contribution in [-0.2, 0) is 19.4 Å². The predicted molar refractivity (Wildman–Crippen MR) is 91.8 cm³/mol. The van der Waals surface area contributed by atoms with Crippen molar-refractivity contribution in [1.29, 1.82) is 0 Å². The molecule has 2 aromatic rings. The molecule has 1 aliphatic rings. The van der Waals surface area contributed by atoms with E-state index >= 15 is 0 Å². The number of para-hydroxylation sites is 1. The van der Waals surface area contributed by atoms with Crippen LogP contribution in [-0.4, -0.2) is 48.9 Å². The van der Waals surface area contributed by atoms with Crippen molar-refractivity contribution in [2.24, 2.45) is 0 Å². The van der Waals surface area contributed by atoms with Gasteiger partial charge in [0.05, 0.1) is 22.6 Å². The van der Waals surface area contributed by atoms with Crippen LogP contribution in [0.4, 0.5) is 0 Å². The first-order valence-corrected chi connectivity index (χ1v) is 9.73. The summed E-state index contributed by atoms with van der Waals surface area (Å²) in [5, 5.41) is 3.41. The molecule has 1 amide bonds. The molecule has 0 aliphatic carbocycles. The quantitative estimate of drug-likeness (QED) is 0.817. The van der Waals surface area contributed by atoms with Crippen molar-refractivity contribution in [3.8, 4) is 0 Å². The van der Waals surface area contributed by atoms with E-state index < -0.39 is 33.9 Å². The fraction of sp³-hybridized carbons (Fsp3) is 0.353. The number of hydrogen-bond donors (Lipinski definition) is 1. The maximum atomic E-state index is 12.4. The normalized spacial score (nSPS) is 20.1. The fourth-order valence-electron chi connectivity index (χ4n) is 2.77. The van der Waals surface area contributed by atoms with Gasteiger partial charge in [0.2, 0.25) is 0 Å². The largest absolute Gasteiger partial charge is 0.449 e. The van der Waals surface area contributed by atoms with Gasteiger partial charge in [-0.2, -0.15) is 0 Å². The third-order valence-corrected chi connectivity index (χ3v) is 5.85. The molecule has 0 unspecified atom stereocenters. The number of aromatic nitrogens is 1. The van der Waals surface area contributed by atoms with E-state index in [1.807, 2.05) is 12.1 Å². The Bertz CT molecular complexity index is 920. The minimum atomic E-state index is -3.09. The van der Waals surface area contributed by atoms with E-state index in [4.69, 9.17) is 4.74 Å². The van der Waals surface area contributed by atoms with Gasteiger partial charge in [-0.3, -0.25) is 9.78 Å². The molecule has 1 N–H and O–H groups in total. The molecule has 0 bridgehead atoms. The van der Waals surface area contributed by atoms with Crippen molar-refractivity contribution >= 4 is 32.6 Å². The summed E-state index contributed by atoms with van der Waals surface area (Å²) in [6.45, 7) is 1.45. The van der Waals surface area contributed by atoms with Gasteiger partial charge in [-0.25, -0.2) is 13.2 Å². The smallest absolute Gasteiger partial charge is 0.341 e. The number of ether oxygens (including phenoxy) is 1. The molecule has 1 aromatic carbocycles. The number of carbonyl (C=O) groups is 2. The highest BCUT2D eigenvalue weighted by atomic mass is 32.2. The molecule has 132 valence electrons. The van der Waals surface area contributed by atoms with E-state index in [0.29, 0.717) is 11.9 Å². The van der Waals surface area contributed by atoms with Crippen LogP contribution in [0.3, 0.4) is 0 Å². The van der Waals surface area contributed by atoms with E-state index in [0.717, 1.165) is 5.39 Å². The van der Waals surface area contributed by atoms with Crippen LogP contribution in [0.5, 0.6) is 0 Å². The second-order valence-electron chi connectivity index (χ2n) is 6.04. The van der Waals surface area contributed by atoms with Gasteiger partial charge in [0.1, 0.15) is 0 Å². The molecule has 0 spiro atoms. The molecule has 2 heterocycles. The van der Waals surface area contributed by atoms with Crippen molar-refractivity contribution < 1.29 is 22.7 Å². The number of fused-ring (bicyclic) bond motifs is 1. The van der Waals surface area contributed by atoms with E-state index in [1.165, 1.54) is 6.92 Å². The Morgan fingerprint density at radius 1 is 1.28 bits per heavy atom. The Morgan fingerprint density at radius 3 is 2.76 bits per heavy atom. The minimum Gasteiger partial charge on any atom is -0.449 e. The van der Waals surface area contributed by atoms with Crippen LogP contribution in [0.15, 0.2) is 36.5 Å². The maximum Gasteiger partial charge on any atom is 0.341 e. The predicted octanol–water partition coefficient (Wildman–Crippen LogP) is 1.08. The van der Waals surface area contributed by atoms with Crippen LogP contribution in [0.25, 0.3) is 10.9 Å². The van der Waals surface area contributed by atoms with Gasteiger partial charge >= 0.3 is 5.97 Å². The van der Waals surface area contributed by atoms with Gasteiger partial charge in [-0.1, -0.05) is 18.2 Å². The second kappa shape index (κ2) is 6.79. The Labute approximate surface area is 145 Å². The number of benzene rings is 1. The topological polar surface area (TPSA) is 102 Å². The monoisotopic (exact) mass is 362 g/mol. The summed E-state index contributed by atoms with van der Waals surface area (Å²) in [5.41, 5.74) is 0.783. The summed E-state index contributed by atoms with van der Waals surface area (Å²) in [4.78, 5) is 28.7. The molecule has 25 heavy (non-hydrogen) atoms. The Morgan fingerprint density at radius 2 is 2.04 bits per heavy atom. The fourth-order valence-corrected chi connectivity index (χ4v) is 4.45. The summed E-state index contributed by atoms with van der Waals surface area (Å²) in [6, 6.07) is 8.30. The van der Waals surface area contributed by atoms with Gasteiger partial charge in [0.15, 0.2) is 15.9 Å². The first-order chi connectivity index (χ1) is 11.9. The van der Waals surface area contributed by atoms with Crippen LogP contribution >= 0.6 is 0 Å². The zero-order chi connectivity index (χ0) is 18.0. The number of carbonyl (C=O) groups excluding carboxylic acids is 2. The third kappa shape index (κ3) is 3.96.